The molecule has 1 aliphatic heterocycles. The Morgan fingerprint density at radius 2 is 2.12 bits per heavy atom. The number of benzene rings is 1. The van der Waals surface area contributed by atoms with E-state index in [1.165, 1.54) is 6.08 Å². The van der Waals surface area contributed by atoms with Gasteiger partial charge in [0, 0.05) is 17.0 Å². The minimum Gasteiger partial charge on any atom is -0.482 e. The van der Waals surface area contributed by atoms with Crippen LogP contribution in [0.5, 0.6) is 11.5 Å². The van der Waals surface area contributed by atoms with Crippen LogP contribution < -0.4 is 9.47 Å². The number of carbonyl (C=O) groups is 2. The van der Waals surface area contributed by atoms with Crippen LogP contribution in [0.4, 0.5) is 0 Å². The predicted molar refractivity (Wildman–Crippen MR) is 99.8 cm³/mol. The van der Waals surface area contributed by atoms with E-state index in [-0.39, 0.29) is 24.8 Å². The fourth-order valence-corrected chi connectivity index (χ4v) is 3.40. The summed E-state index contributed by atoms with van der Waals surface area (Å²) in [6.07, 6.45) is 3.25. The lowest BCUT2D eigenvalue weighted by atomic mass is 10.0. The second-order valence-electron chi connectivity index (χ2n) is 5.78. The molecule has 1 aliphatic rings. The number of allylic oxidation sites excluding steroid dienone is 1. The maximum Gasteiger partial charge on any atom is 0.344 e. The van der Waals surface area contributed by atoms with Gasteiger partial charge in [-0.3, -0.25) is 4.79 Å². The van der Waals surface area contributed by atoms with Crippen molar-refractivity contribution in [3.63, 3.8) is 0 Å². The van der Waals surface area contributed by atoms with Crippen LogP contribution in [-0.2, 0) is 9.53 Å². The Morgan fingerprint density at radius 1 is 1.31 bits per heavy atom. The van der Waals surface area contributed by atoms with Gasteiger partial charge in [0.25, 0.3) is 0 Å². The average Bonchev–Trinajstić information content (AvgIpc) is 3.15. The molecule has 134 valence electrons. The zero-order valence-electron chi connectivity index (χ0n) is 14.5. The highest BCUT2D eigenvalue weighted by atomic mass is 32.1. The number of carbonyl (C=O) groups excluding carboxylic acids is 2. The van der Waals surface area contributed by atoms with Crippen molar-refractivity contribution in [1.29, 1.82) is 0 Å². The molecule has 0 unspecified atom stereocenters. The van der Waals surface area contributed by atoms with E-state index in [1.54, 1.807) is 29.5 Å². The monoisotopic (exact) mass is 370 g/mol. The number of esters is 1. The van der Waals surface area contributed by atoms with Crippen molar-refractivity contribution < 1.29 is 23.8 Å². The molecule has 0 fully saturated rings. The highest BCUT2D eigenvalue weighted by molar-refractivity contribution is 7.11. The molecule has 0 atom stereocenters. The number of thiophene rings is 1. The number of Topliss-reactive ketones (excluding diaryl/α,β-unsaturated/α-hetero) is 1. The summed E-state index contributed by atoms with van der Waals surface area (Å²) in [7, 11) is 0. The highest BCUT2D eigenvalue weighted by Gasteiger charge is 2.30. The van der Waals surface area contributed by atoms with E-state index in [1.807, 2.05) is 25.3 Å². The maximum atomic E-state index is 12.6. The summed E-state index contributed by atoms with van der Waals surface area (Å²) in [5.74, 6) is 0.523. The van der Waals surface area contributed by atoms with Crippen molar-refractivity contribution in [2.45, 2.75) is 13.8 Å². The van der Waals surface area contributed by atoms with Crippen molar-refractivity contribution in [1.82, 2.24) is 0 Å². The lowest BCUT2D eigenvalue weighted by Crippen LogP contribution is -2.14. The zero-order valence-corrected chi connectivity index (χ0v) is 15.4. The van der Waals surface area contributed by atoms with Crippen LogP contribution in [-0.4, -0.2) is 25.0 Å². The normalized spacial score (nSPS) is 14.1. The van der Waals surface area contributed by atoms with Gasteiger partial charge in [-0.25, -0.2) is 4.79 Å². The first kappa shape index (κ1) is 17.9. The smallest absolute Gasteiger partial charge is 0.344 e. The molecule has 1 aromatic heterocycles. The molecule has 26 heavy (non-hydrogen) atoms. The second kappa shape index (κ2) is 7.58. The standard InChI is InChI=1S/C20H18O5S/c1-4-6-23-18(21)11-24-14-8-13(3)19-15(9-14)25-16(20(19)22)10-17-12(2)5-7-26-17/h4-5,7-10H,1,6,11H2,2-3H3/b16-10-. The van der Waals surface area contributed by atoms with E-state index in [4.69, 9.17) is 14.2 Å². The van der Waals surface area contributed by atoms with Gasteiger partial charge in [0.1, 0.15) is 18.1 Å². The molecule has 0 N–H and O–H groups in total. The molecule has 0 saturated heterocycles. The Kier molecular flexibility index (Phi) is 5.23. The number of ketones is 1. The van der Waals surface area contributed by atoms with E-state index in [0.717, 1.165) is 16.0 Å². The summed E-state index contributed by atoms with van der Waals surface area (Å²) in [5, 5.41) is 1.97. The molecule has 0 saturated carbocycles. The lowest BCUT2D eigenvalue weighted by Gasteiger charge is -2.08. The fraction of sp³-hybridized carbons (Fsp3) is 0.200. The van der Waals surface area contributed by atoms with Crippen molar-refractivity contribution in [2.24, 2.45) is 0 Å². The predicted octanol–water partition coefficient (Wildman–Crippen LogP) is 4.09. The Bertz CT molecular complexity index is 907. The number of aryl methyl sites for hydroxylation is 2. The topological polar surface area (TPSA) is 61.8 Å². The summed E-state index contributed by atoms with van der Waals surface area (Å²) in [4.78, 5) is 25.1. The number of hydrogen-bond acceptors (Lipinski definition) is 6. The third-order valence-electron chi connectivity index (χ3n) is 3.83. The van der Waals surface area contributed by atoms with Crippen LogP contribution >= 0.6 is 11.3 Å². The van der Waals surface area contributed by atoms with Crippen LogP contribution in [0.15, 0.2) is 42.0 Å². The lowest BCUT2D eigenvalue weighted by molar-refractivity contribution is -0.144. The molecule has 2 aromatic rings. The molecule has 0 aliphatic carbocycles. The van der Waals surface area contributed by atoms with E-state index >= 15 is 0 Å². The second-order valence-corrected chi connectivity index (χ2v) is 6.73. The van der Waals surface area contributed by atoms with E-state index in [2.05, 4.69) is 6.58 Å². The molecule has 2 heterocycles. The highest BCUT2D eigenvalue weighted by Crippen LogP contribution is 2.38. The van der Waals surface area contributed by atoms with Gasteiger partial charge < -0.3 is 14.2 Å². The molecule has 6 heteroatoms. The molecular formula is C20H18O5S. The van der Waals surface area contributed by atoms with Gasteiger partial charge >= 0.3 is 5.97 Å². The molecular weight excluding hydrogens is 352 g/mol. The first-order chi connectivity index (χ1) is 12.5. The summed E-state index contributed by atoms with van der Waals surface area (Å²) in [5.41, 5.74) is 2.34. The summed E-state index contributed by atoms with van der Waals surface area (Å²) in [6, 6.07) is 5.32. The molecule has 0 spiro atoms. The molecule has 0 radical (unpaired) electrons. The number of fused-ring (bicyclic) bond motifs is 1. The quantitative estimate of drug-likeness (QED) is 0.435. The van der Waals surface area contributed by atoms with E-state index in [9.17, 15) is 9.59 Å². The third-order valence-corrected chi connectivity index (χ3v) is 4.79. The number of ether oxygens (including phenoxy) is 3. The number of rotatable bonds is 6. The average molecular weight is 370 g/mol. The third kappa shape index (κ3) is 3.70. The molecule has 0 bridgehead atoms. The van der Waals surface area contributed by atoms with Crippen molar-refractivity contribution in [2.75, 3.05) is 13.2 Å². The first-order valence-corrected chi connectivity index (χ1v) is 8.90. The Hall–Kier alpha value is -2.86. The van der Waals surface area contributed by atoms with Gasteiger partial charge in [-0.1, -0.05) is 12.7 Å². The molecule has 5 nitrogen and oxygen atoms in total. The van der Waals surface area contributed by atoms with Crippen LogP contribution in [0.1, 0.15) is 26.4 Å². The van der Waals surface area contributed by atoms with Crippen molar-refractivity contribution >= 4 is 29.2 Å². The summed E-state index contributed by atoms with van der Waals surface area (Å²) >= 11 is 1.55. The van der Waals surface area contributed by atoms with Gasteiger partial charge in [0.05, 0.1) is 5.56 Å². The van der Waals surface area contributed by atoms with Crippen LogP contribution in [0.25, 0.3) is 6.08 Å². The Labute approximate surface area is 155 Å². The van der Waals surface area contributed by atoms with E-state index < -0.39 is 5.97 Å². The van der Waals surface area contributed by atoms with Gasteiger partial charge in [-0.2, -0.15) is 0 Å². The zero-order chi connectivity index (χ0) is 18.7. The van der Waals surface area contributed by atoms with Gasteiger partial charge in [0.15, 0.2) is 12.4 Å². The van der Waals surface area contributed by atoms with Gasteiger partial charge in [-0.15, -0.1) is 11.3 Å². The van der Waals surface area contributed by atoms with Crippen molar-refractivity contribution in [3.8, 4) is 11.5 Å². The minimum atomic E-state index is -0.492. The largest absolute Gasteiger partial charge is 0.482 e. The van der Waals surface area contributed by atoms with Crippen molar-refractivity contribution in [3.05, 3.63) is 63.6 Å². The minimum absolute atomic E-state index is 0.138. The SMILES string of the molecule is C=CCOC(=O)COc1cc(C)c2c(c1)O/C(=C\c1sccc1C)C2=O. The summed E-state index contributed by atoms with van der Waals surface area (Å²) < 4.78 is 16.1. The van der Waals surface area contributed by atoms with Crippen LogP contribution in [0, 0.1) is 13.8 Å². The Balaban J connectivity index is 1.78. The Morgan fingerprint density at radius 3 is 2.81 bits per heavy atom. The fourth-order valence-electron chi connectivity index (χ4n) is 2.55. The maximum absolute atomic E-state index is 12.6. The summed E-state index contributed by atoms with van der Waals surface area (Å²) in [6.45, 7) is 7.18. The molecule has 3 rings (SSSR count). The molecule has 0 amide bonds. The van der Waals surface area contributed by atoms with Gasteiger partial charge in [-0.05, 0) is 42.5 Å². The number of hydrogen-bond donors (Lipinski definition) is 0. The van der Waals surface area contributed by atoms with E-state index in [0.29, 0.717) is 17.1 Å². The first-order valence-electron chi connectivity index (χ1n) is 8.02. The van der Waals surface area contributed by atoms with Gasteiger partial charge in [0.2, 0.25) is 5.78 Å². The molecule has 1 aromatic carbocycles. The van der Waals surface area contributed by atoms with Crippen LogP contribution in [0.3, 0.4) is 0 Å². The van der Waals surface area contributed by atoms with Crippen LogP contribution in [0.2, 0.25) is 0 Å².